The molecule has 0 amide bonds. The van der Waals surface area contributed by atoms with Crippen LogP contribution in [0, 0.1) is 0 Å². The fraction of sp³-hybridized carbons (Fsp3) is 1.00. The normalized spacial score (nSPS) is 21.9. The lowest BCUT2D eigenvalue weighted by molar-refractivity contribution is 0.336. The first kappa shape index (κ1) is 15.9. The zero-order valence-electron chi connectivity index (χ0n) is 11.9. The van der Waals surface area contributed by atoms with Gasteiger partial charge in [-0.25, -0.2) is 0 Å². The minimum absolute atomic E-state index is 0.200. The summed E-state index contributed by atoms with van der Waals surface area (Å²) in [6.45, 7) is 7.18. The standard InChI is InChI=1S/C12H27N3O2S/c1-4-12-8-6-11-15(12)18(16,17)14(3)10-7-9-13-5-2/h12-13H,4-11H2,1-3H3. The van der Waals surface area contributed by atoms with Gasteiger partial charge in [-0.3, -0.25) is 0 Å². The Bertz CT molecular complexity index is 332. The quantitative estimate of drug-likeness (QED) is 0.674. The van der Waals surface area contributed by atoms with Gasteiger partial charge < -0.3 is 5.32 Å². The summed E-state index contributed by atoms with van der Waals surface area (Å²) in [6, 6.07) is 0.200. The molecule has 108 valence electrons. The van der Waals surface area contributed by atoms with E-state index in [1.807, 2.05) is 0 Å². The van der Waals surface area contributed by atoms with E-state index in [1.165, 1.54) is 4.31 Å². The third kappa shape index (κ3) is 3.91. The van der Waals surface area contributed by atoms with E-state index in [0.29, 0.717) is 13.1 Å². The maximum Gasteiger partial charge on any atom is 0.281 e. The third-order valence-electron chi connectivity index (χ3n) is 3.56. The lowest BCUT2D eigenvalue weighted by Gasteiger charge is -2.28. The van der Waals surface area contributed by atoms with Crippen LogP contribution < -0.4 is 5.32 Å². The van der Waals surface area contributed by atoms with Gasteiger partial charge in [-0.2, -0.15) is 17.0 Å². The molecule has 0 aliphatic carbocycles. The van der Waals surface area contributed by atoms with Crippen molar-refractivity contribution in [1.82, 2.24) is 13.9 Å². The molecule has 1 fully saturated rings. The second-order valence-corrected chi connectivity index (χ2v) is 6.84. The summed E-state index contributed by atoms with van der Waals surface area (Å²) in [6.07, 6.45) is 3.75. The Morgan fingerprint density at radius 3 is 2.72 bits per heavy atom. The Morgan fingerprint density at radius 1 is 1.39 bits per heavy atom. The van der Waals surface area contributed by atoms with E-state index < -0.39 is 10.2 Å². The summed E-state index contributed by atoms with van der Waals surface area (Å²) < 4.78 is 28.0. The van der Waals surface area contributed by atoms with Gasteiger partial charge in [-0.15, -0.1) is 0 Å². The van der Waals surface area contributed by atoms with Crippen LogP contribution in [-0.4, -0.2) is 56.3 Å². The molecule has 6 heteroatoms. The molecule has 5 nitrogen and oxygen atoms in total. The number of nitrogens with zero attached hydrogens (tertiary/aromatic N) is 2. The van der Waals surface area contributed by atoms with Crippen LogP contribution in [0.3, 0.4) is 0 Å². The average Bonchev–Trinajstić information content (AvgIpc) is 2.83. The second kappa shape index (κ2) is 7.43. The highest BCUT2D eigenvalue weighted by Crippen LogP contribution is 2.24. The Labute approximate surface area is 112 Å². The SMILES string of the molecule is CCNCCCN(C)S(=O)(=O)N1CCCC1CC. The van der Waals surface area contributed by atoms with E-state index in [1.54, 1.807) is 11.4 Å². The molecule has 1 N–H and O–H groups in total. The van der Waals surface area contributed by atoms with Gasteiger partial charge in [-0.05, 0) is 38.8 Å². The molecule has 0 aromatic rings. The van der Waals surface area contributed by atoms with Crippen molar-refractivity contribution in [2.75, 3.05) is 33.2 Å². The molecule has 1 atom stereocenters. The first-order valence-electron chi connectivity index (χ1n) is 6.97. The minimum atomic E-state index is -3.25. The third-order valence-corrected chi connectivity index (χ3v) is 5.60. The molecule has 1 aliphatic heterocycles. The molecule has 1 unspecified atom stereocenters. The van der Waals surface area contributed by atoms with Gasteiger partial charge in [-0.1, -0.05) is 13.8 Å². The largest absolute Gasteiger partial charge is 0.317 e. The summed E-state index contributed by atoms with van der Waals surface area (Å²) >= 11 is 0. The van der Waals surface area contributed by atoms with Gasteiger partial charge in [0, 0.05) is 26.2 Å². The number of nitrogens with one attached hydrogen (secondary N) is 1. The van der Waals surface area contributed by atoms with E-state index in [2.05, 4.69) is 19.2 Å². The van der Waals surface area contributed by atoms with Crippen LogP contribution in [0.2, 0.25) is 0 Å². The van der Waals surface area contributed by atoms with Crippen molar-refractivity contribution in [2.45, 2.75) is 45.6 Å². The Kier molecular flexibility index (Phi) is 6.55. The van der Waals surface area contributed by atoms with Crippen LogP contribution in [0.1, 0.15) is 39.5 Å². The Balaban J connectivity index is 2.51. The first-order valence-corrected chi connectivity index (χ1v) is 8.37. The molecular weight excluding hydrogens is 250 g/mol. The van der Waals surface area contributed by atoms with Gasteiger partial charge in [0.15, 0.2) is 0 Å². The van der Waals surface area contributed by atoms with Gasteiger partial charge in [0.2, 0.25) is 0 Å². The van der Waals surface area contributed by atoms with E-state index in [4.69, 9.17) is 0 Å². The number of rotatable bonds is 8. The molecule has 1 aliphatic rings. The van der Waals surface area contributed by atoms with Crippen LogP contribution in [0.15, 0.2) is 0 Å². The summed E-state index contributed by atoms with van der Waals surface area (Å²) in [5, 5.41) is 3.21. The molecule has 1 saturated heterocycles. The monoisotopic (exact) mass is 277 g/mol. The Morgan fingerprint density at radius 2 is 2.11 bits per heavy atom. The van der Waals surface area contributed by atoms with E-state index in [-0.39, 0.29) is 6.04 Å². The zero-order valence-corrected chi connectivity index (χ0v) is 12.7. The van der Waals surface area contributed by atoms with Crippen LogP contribution >= 0.6 is 0 Å². The fourth-order valence-corrected chi connectivity index (χ4v) is 4.13. The highest BCUT2D eigenvalue weighted by Gasteiger charge is 2.35. The van der Waals surface area contributed by atoms with Crippen LogP contribution in [0.4, 0.5) is 0 Å². The van der Waals surface area contributed by atoms with E-state index >= 15 is 0 Å². The Hall–Kier alpha value is -0.170. The summed E-state index contributed by atoms with van der Waals surface area (Å²) in [5.74, 6) is 0. The fourth-order valence-electron chi connectivity index (χ4n) is 2.42. The van der Waals surface area contributed by atoms with Gasteiger partial charge in [0.1, 0.15) is 0 Å². The van der Waals surface area contributed by atoms with Crippen LogP contribution in [0.25, 0.3) is 0 Å². The predicted molar refractivity (Wildman–Crippen MR) is 74.7 cm³/mol. The first-order chi connectivity index (χ1) is 8.54. The molecule has 0 saturated carbocycles. The van der Waals surface area contributed by atoms with Crippen LogP contribution in [0.5, 0.6) is 0 Å². The van der Waals surface area contributed by atoms with Crippen molar-refractivity contribution >= 4 is 10.2 Å². The van der Waals surface area contributed by atoms with Crippen molar-refractivity contribution in [3.8, 4) is 0 Å². The summed E-state index contributed by atoms with van der Waals surface area (Å²) in [5.41, 5.74) is 0. The molecule has 0 aromatic carbocycles. The van der Waals surface area contributed by atoms with Crippen molar-refractivity contribution in [1.29, 1.82) is 0 Å². The van der Waals surface area contributed by atoms with Gasteiger partial charge >= 0.3 is 0 Å². The predicted octanol–water partition coefficient (Wildman–Crippen LogP) is 1.04. The molecule has 0 aromatic heterocycles. The number of hydrogen-bond donors (Lipinski definition) is 1. The molecule has 1 rings (SSSR count). The second-order valence-electron chi connectivity index (χ2n) is 4.85. The van der Waals surface area contributed by atoms with Crippen molar-refractivity contribution in [2.24, 2.45) is 0 Å². The van der Waals surface area contributed by atoms with Gasteiger partial charge in [0.25, 0.3) is 10.2 Å². The van der Waals surface area contributed by atoms with Crippen molar-refractivity contribution < 1.29 is 8.42 Å². The minimum Gasteiger partial charge on any atom is -0.317 e. The average molecular weight is 277 g/mol. The maximum atomic E-state index is 12.4. The summed E-state index contributed by atoms with van der Waals surface area (Å²) in [4.78, 5) is 0. The number of hydrogen-bond acceptors (Lipinski definition) is 3. The zero-order chi connectivity index (χ0) is 13.6. The summed E-state index contributed by atoms with van der Waals surface area (Å²) in [7, 11) is -1.56. The molecule has 0 spiro atoms. The van der Waals surface area contributed by atoms with E-state index in [9.17, 15) is 8.42 Å². The maximum absolute atomic E-state index is 12.4. The van der Waals surface area contributed by atoms with Crippen molar-refractivity contribution in [3.05, 3.63) is 0 Å². The molecule has 0 bridgehead atoms. The lowest BCUT2D eigenvalue weighted by Crippen LogP contribution is -2.44. The highest BCUT2D eigenvalue weighted by atomic mass is 32.2. The van der Waals surface area contributed by atoms with Crippen LogP contribution in [-0.2, 0) is 10.2 Å². The van der Waals surface area contributed by atoms with E-state index in [0.717, 1.165) is 38.8 Å². The topological polar surface area (TPSA) is 52.7 Å². The molecule has 1 heterocycles. The van der Waals surface area contributed by atoms with Gasteiger partial charge in [0.05, 0.1) is 0 Å². The molecule has 0 radical (unpaired) electrons. The molecular formula is C12H27N3O2S. The molecule has 18 heavy (non-hydrogen) atoms. The highest BCUT2D eigenvalue weighted by molar-refractivity contribution is 7.86. The smallest absolute Gasteiger partial charge is 0.281 e. The lowest BCUT2D eigenvalue weighted by atomic mass is 10.2. The van der Waals surface area contributed by atoms with Crippen molar-refractivity contribution in [3.63, 3.8) is 0 Å².